The van der Waals surface area contributed by atoms with Crippen molar-refractivity contribution >= 4 is 11.4 Å². The maximum absolute atomic E-state index is 3.96. The molecule has 3 nitrogen and oxygen atoms in total. The van der Waals surface area contributed by atoms with Gasteiger partial charge in [-0.3, -0.25) is 0 Å². The highest BCUT2D eigenvalue weighted by atomic mass is 15.2. The summed E-state index contributed by atoms with van der Waals surface area (Å²) in [6, 6.07) is 8.75. The Bertz CT molecular complexity index is 402. The van der Waals surface area contributed by atoms with Gasteiger partial charge in [0.2, 0.25) is 0 Å². The van der Waals surface area contributed by atoms with Crippen LogP contribution >= 0.6 is 0 Å². The van der Waals surface area contributed by atoms with Gasteiger partial charge in [0.15, 0.2) is 0 Å². The van der Waals surface area contributed by atoms with E-state index in [1.165, 1.54) is 11.4 Å². The van der Waals surface area contributed by atoms with E-state index in [4.69, 9.17) is 0 Å². The minimum atomic E-state index is 1.06. The molecule has 1 saturated heterocycles. The molecule has 3 heteroatoms. The van der Waals surface area contributed by atoms with Crippen LogP contribution in [-0.2, 0) is 0 Å². The van der Waals surface area contributed by atoms with E-state index in [0.29, 0.717) is 0 Å². The predicted octanol–water partition coefficient (Wildman–Crippen LogP) is 2.41. The van der Waals surface area contributed by atoms with Crippen molar-refractivity contribution in [3.05, 3.63) is 36.5 Å². The number of anilines is 2. The number of likely N-dealkylation sites (N-methyl/N-ethyl adjacent to an activating group) is 1. The zero-order chi connectivity index (χ0) is 13.1. The monoisotopic (exact) mass is 245 g/mol. The molecule has 0 atom stereocenters. The second-order valence-corrected chi connectivity index (χ2v) is 5.10. The molecule has 2 rings (SSSR count). The number of hydrogen-bond acceptors (Lipinski definition) is 3. The molecule has 0 unspecified atom stereocenters. The van der Waals surface area contributed by atoms with E-state index in [9.17, 15) is 0 Å². The molecule has 0 amide bonds. The van der Waals surface area contributed by atoms with E-state index >= 15 is 0 Å². The summed E-state index contributed by atoms with van der Waals surface area (Å²) in [4.78, 5) is 6.93. The van der Waals surface area contributed by atoms with Gasteiger partial charge in [0, 0.05) is 50.3 Å². The number of rotatable bonds is 3. The Morgan fingerprint density at radius 3 is 2.17 bits per heavy atom. The highest BCUT2D eigenvalue weighted by molar-refractivity contribution is 5.58. The van der Waals surface area contributed by atoms with E-state index in [2.05, 4.69) is 52.6 Å². The molecule has 18 heavy (non-hydrogen) atoms. The molecule has 0 spiro atoms. The molecule has 1 aliphatic heterocycles. The molecular weight excluding hydrogens is 222 g/mol. The first-order valence-corrected chi connectivity index (χ1v) is 6.51. The lowest BCUT2D eigenvalue weighted by molar-refractivity contribution is 0.313. The average Bonchev–Trinajstić information content (AvgIpc) is 2.39. The van der Waals surface area contributed by atoms with Crippen LogP contribution in [0, 0.1) is 0 Å². The van der Waals surface area contributed by atoms with Gasteiger partial charge >= 0.3 is 0 Å². The predicted molar refractivity (Wildman–Crippen MR) is 79.4 cm³/mol. The first-order chi connectivity index (χ1) is 8.58. The molecule has 1 aliphatic rings. The van der Waals surface area contributed by atoms with Crippen molar-refractivity contribution in [3.8, 4) is 0 Å². The zero-order valence-corrected chi connectivity index (χ0v) is 11.7. The standard InChI is InChI=1S/C15H23N3/c1-13(2)17(4)14-5-7-15(8-6-14)18-11-9-16(3)10-12-18/h5-8H,1,9-12H2,2-4H3. The minimum absolute atomic E-state index is 1.06. The lowest BCUT2D eigenvalue weighted by atomic mass is 10.2. The topological polar surface area (TPSA) is 9.72 Å². The van der Waals surface area contributed by atoms with E-state index in [1.54, 1.807) is 0 Å². The summed E-state index contributed by atoms with van der Waals surface area (Å²) in [6.45, 7) is 10.5. The molecule has 0 N–H and O–H groups in total. The summed E-state index contributed by atoms with van der Waals surface area (Å²) in [6.07, 6.45) is 0. The number of nitrogens with zero attached hydrogens (tertiary/aromatic N) is 3. The van der Waals surface area contributed by atoms with Crippen molar-refractivity contribution in [2.75, 3.05) is 50.1 Å². The van der Waals surface area contributed by atoms with Crippen LogP contribution in [0.25, 0.3) is 0 Å². The summed E-state index contributed by atoms with van der Waals surface area (Å²) >= 11 is 0. The van der Waals surface area contributed by atoms with Crippen LogP contribution in [-0.4, -0.2) is 45.2 Å². The van der Waals surface area contributed by atoms with Crippen LogP contribution in [0.5, 0.6) is 0 Å². The molecule has 0 aliphatic carbocycles. The van der Waals surface area contributed by atoms with E-state index in [0.717, 1.165) is 31.9 Å². The molecule has 0 bridgehead atoms. The third-order valence-electron chi connectivity index (χ3n) is 3.68. The summed E-state index contributed by atoms with van der Waals surface area (Å²) in [7, 11) is 4.23. The Balaban J connectivity index is 2.06. The van der Waals surface area contributed by atoms with Gasteiger partial charge in [0.05, 0.1) is 0 Å². The third-order valence-corrected chi connectivity index (χ3v) is 3.68. The smallest absolute Gasteiger partial charge is 0.0406 e. The number of piperazine rings is 1. The fourth-order valence-electron chi connectivity index (χ4n) is 2.17. The Hall–Kier alpha value is -1.48. The first-order valence-electron chi connectivity index (χ1n) is 6.51. The SMILES string of the molecule is C=C(C)N(C)c1ccc(N2CCN(C)CC2)cc1. The van der Waals surface area contributed by atoms with Gasteiger partial charge in [0.1, 0.15) is 0 Å². The molecule has 1 aromatic rings. The van der Waals surface area contributed by atoms with Gasteiger partial charge in [-0.1, -0.05) is 6.58 Å². The van der Waals surface area contributed by atoms with E-state index in [1.807, 2.05) is 14.0 Å². The highest BCUT2D eigenvalue weighted by Gasteiger charge is 2.14. The number of benzene rings is 1. The van der Waals surface area contributed by atoms with Crippen LogP contribution in [0.4, 0.5) is 11.4 Å². The van der Waals surface area contributed by atoms with Gasteiger partial charge in [-0.05, 0) is 38.2 Å². The molecule has 0 saturated carbocycles. The Kier molecular flexibility index (Phi) is 3.92. The zero-order valence-electron chi connectivity index (χ0n) is 11.7. The van der Waals surface area contributed by atoms with Gasteiger partial charge in [-0.15, -0.1) is 0 Å². The summed E-state index contributed by atoms with van der Waals surface area (Å²) in [5.74, 6) is 0. The first kappa shape index (κ1) is 13.0. The van der Waals surface area contributed by atoms with Crippen LogP contribution in [0.15, 0.2) is 36.5 Å². The second kappa shape index (κ2) is 5.44. The summed E-state index contributed by atoms with van der Waals surface area (Å²) in [5, 5.41) is 0. The Morgan fingerprint density at radius 1 is 1.11 bits per heavy atom. The summed E-state index contributed by atoms with van der Waals surface area (Å²) < 4.78 is 0. The van der Waals surface area contributed by atoms with E-state index in [-0.39, 0.29) is 0 Å². The molecule has 0 aromatic heterocycles. The lowest BCUT2D eigenvalue weighted by Gasteiger charge is -2.34. The molecule has 1 aromatic carbocycles. The average molecular weight is 245 g/mol. The molecule has 0 radical (unpaired) electrons. The van der Waals surface area contributed by atoms with Gasteiger partial charge in [-0.25, -0.2) is 0 Å². The van der Waals surface area contributed by atoms with Crippen LogP contribution < -0.4 is 9.80 Å². The van der Waals surface area contributed by atoms with Crippen molar-refractivity contribution in [3.63, 3.8) is 0 Å². The Morgan fingerprint density at radius 2 is 1.67 bits per heavy atom. The fraction of sp³-hybridized carbons (Fsp3) is 0.467. The maximum Gasteiger partial charge on any atom is 0.0406 e. The number of hydrogen-bond donors (Lipinski definition) is 0. The largest absolute Gasteiger partial charge is 0.369 e. The molecular formula is C15H23N3. The molecule has 1 heterocycles. The maximum atomic E-state index is 3.96. The Labute approximate surface area is 110 Å². The van der Waals surface area contributed by atoms with Crippen LogP contribution in [0.3, 0.4) is 0 Å². The minimum Gasteiger partial charge on any atom is -0.369 e. The summed E-state index contributed by atoms with van der Waals surface area (Å²) in [5.41, 5.74) is 3.57. The van der Waals surface area contributed by atoms with Crippen LogP contribution in [0.1, 0.15) is 6.92 Å². The van der Waals surface area contributed by atoms with Gasteiger partial charge in [0.25, 0.3) is 0 Å². The van der Waals surface area contributed by atoms with Gasteiger partial charge < -0.3 is 14.7 Å². The van der Waals surface area contributed by atoms with Crippen molar-refractivity contribution in [2.24, 2.45) is 0 Å². The molecule has 1 fully saturated rings. The third kappa shape index (κ3) is 2.85. The quantitative estimate of drug-likeness (QED) is 0.809. The van der Waals surface area contributed by atoms with Crippen molar-refractivity contribution < 1.29 is 0 Å². The fourth-order valence-corrected chi connectivity index (χ4v) is 2.17. The molecule has 98 valence electrons. The highest BCUT2D eigenvalue weighted by Crippen LogP contribution is 2.22. The van der Waals surface area contributed by atoms with Crippen molar-refractivity contribution in [2.45, 2.75) is 6.92 Å². The normalized spacial score (nSPS) is 16.7. The van der Waals surface area contributed by atoms with Crippen molar-refractivity contribution in [1.82, 2.24) is 4.90 Å². The van der Waals surface area contributed by atoms with Crippen molar-refractivity contribution in [1.29, 1.82) is 0 Å². The second-order valence-electron chi connectivity index (χ2n) is 5.10. The lowest BCUT2D eigenvalue weighted by Crippen LogP contribution is -2.44. The van der Waals surface area contributed by atoms with Gasteiger partial charge in [-0.2, -0.15) is 0 Å². The van der Waals surface area contributed by atoms with Crippen LogP contribution in [0.2, 0.25) is 0 Å². The van der Waals surface area contributed by atoms with E-state index < -0.39 is 0 Å². The number of allylic oxidation sites excluding steroid dienone is 1.